The standard InChI is InChI=1S/C24H42N2O4/c1-15(2)18(13-17(5)23(29)30)14-20(27)21(24(6,7)8)25-22(28)19-11-9-10-12-26(19)16(3)4/h13,15-16,18-19,21H,9-12,14H2,1-8H3,(H,25,28)(H,29,30)/b17-13+/t18-,19+,21+/m0/s1. The quantitative estimate of drug-likeness (QED) is 0.548. The van der Waals surface area contributed by atoms with Gasteiger partial charge in [-0.25, -0.2) is 4.79 Å². The molecule has 0 aromatic carbocycles. The Bertz CT molecular complexity index is 646. The third-order valence-electron chi connectivity index (χ3n) is 6.08. The molecule has 0 aromatic rings. The first-order valence-corrected chi connectivity index (χ1v) is 11.3. The van der Waals surface area contributed by atoms with Gasteiger partial charge in [0, 0.05) is 18.0 Å². The molecule has 2 N–H and O–H groups in total. The van der Waals surface area contributed by atoms with E-state index < -0.39 is 17.4 Å². The molecule has 1 rings (SSSR count). The first-order valence-electron chi connectivity index (χ1n) is 11.3. The Labute approximate surface area is 182 Å². The highest BCUT2D eigenvalue weighted by Crippen LogP contribution is 2.27. The normalized spacial score (nSPS) is 20.9. The summed E-state index contributed by atoms with van der Waals surface area (Å²) in [6, 6.07) is -0.536. The van der Waals surface area contributed by atoms with Crippen molar-refractivity contribution in [1.82, 2.24) is 10.2 Å². The number of carbonyl (C=O) groups is 3. The maximum atomic E-state index is 13.3. The minimum Gasteiger partial charge on any atom is -0.478 e. The van der Waals surface area contributed by atoms with Crippen LogP contribution in [0.5, 0.6) is 0 Å². The van der Waals surface area contributed by atoms with Gasteiger partial charge in [0.2, 0.25) is 5.91 Å². The summed E-state index contributed by atoms with van der Waals surface area (Å²) in [5, 5.41) is 12.3. The van der Waals surface area contributed by atoms with Crippen LogP contribution in [0.1, 0.15) is 81.1 Å². The maximum Gasteiger partial charge on any atom is 0.330 e. The molecule has 0 radical (unpaired) electrons. The topological polar surface area (TPSA) is 86.7 Å². The van der Waals surface area contributed by atoms with E-state index in [0.29, 0.717) is 0 Å². The van der Waals surface area contributed by atoms with Gasteiger partial charge in [-0.15, -0.1) is 0 Å². The largest absolute Gasteiger partial charge is 0.478 e. The van der Waals surface area contributed by atoms with Crippen molar-refractivity contribution in [2.45, 2.75) is 99.2 Å². The molecule has 0 spiro atoms. The van der Waals surface area contributed by atoms with Crippen LogP contribution >= 0.6 is 0 Å². The predicted molar refractivity (Wildman–Crippen MR) is 120 cm³/mol. The average molecular weight is 423 g/mol. The van der Waals surface area contributed by atoms with E-state index in [1.807, 2.05) is 34.6 Å². The van der Waals surface area contributed by atoms with E-state index in [1.165, 1.54) is 0 Å². The van der Waals surface area contributed by atoms with Crippen molar-refractivity contribution in [3.05, 3.63) is 11.6 Å². The number of rotatable bonds is 9. The van der Waals surface area contributed by atoms with Gasteiger partial charge >= 0.3 is 5.97 Å². The van der Waals surface area contributed by atoms with Crippen LogP contribution in [0.3, 0.4) is 0 Å². The highest BCUT2D eigenvalue weighted by molar-refractivity contribution is 5.92. The summed E-state index contributed by atoms with van der Waals surface area (Å²) < 4.78 is 0. The number of likely N-dealkylation sites (tertiary alicyclic amines) is 1. The van der Waals surface area contributed by atoms with Crippen LogP contribution < -0.4 is 5.32 Å². The van der Waals surface area contributed by atoms with Gasteiger partial charge in [0.05, 0.1) is 12.1 Å². The SMILES string of the molecule is C/C(=C\[C@@H](CC(=O)[C@@H](NC(=O)[C@H]1CCCCN1C(C)C)C(C)(C)C)C(C)C)C(=O)O. The van der Waals surface area contributed by atoms with Gasteiger partial charge in [0.1, 0.15) is 0 Å². The highest BCUT2D eigenvalue weighted by atomic mass is 16.4. The summed E-state index contributed by atoms with van der Waals surface area (Å²) in [5.74, 6) is -1.16. The Morgan fingerprint density at radius 2 is 1.73 bits per heavy atom. The molecule has 0 aliphatic carbocycles. The lowest BCUT2D eigenvalue weighted by molar-refractivity contribution is -0.135. The van der Waals surface area contributed by atoms with Gasteiger partial charge in [0.15, 0.2) is 5.78 Å². The predicted octanol–water partition coefficient (Wildman–Crippen LogP) is 4.04. The molecule has 0 saturated carbocycles. The Hall–Kier alpha value is -1.69. The Kier molecular flexibility index (Phi) is 9.73. The van der Waals surface area contributed by atoms with E-state index in [2.05, 4.69) is 24.1 Å². The van der Waals surface area contributed by atoms with Crippen LogP contribution in [0.15, 0.2) is 11.6 Å². The van der Waals surface area contributed by atoms with E-state index in [9.17, 15) is 19.5 Å². The van der Waals surface area contributed by atoms with E-state index in [4.69, 9.17) is 0 Å². The zero-order chi connectivity index (χ0) is 23.2. The van der Waals surface area contributed by atoms with Crippen LogP contribution in [0.2, 0.25) is 0 Å². The highest BCUT2D eigenvalue weighted by Gasteiger charge is 2.37. The van der Waals surface area contributed by atoms with Gasteiger partial charge in [-0.05, 0) is 57.4 Å². The number of piperidine rings is 1. The molecule has 1 fully saturated rings. The molecule has 0 aromatic heterocycles. The molecular formula is C24H42N2O4. The third kappa shape index (κ3) is 7.53. The Morgan fingerprint density at radius 1 is 1.13 bits per heavy atom. The number of carbonyl (C=O) groups excluding carboxylic acids is 2. The second-order valence-corrected chi connectivity index (χ2v) is 10.4. The Morgan fingerprint density at radius 3 is 2.20 bits per heavy atom. The number of carboxylic acids is 1. The smallest absolute Gasteiger partial charge is 0.330 e. The van der Waals surface area contributed by atoms with Crippen molar-refractivity contribution in [2.24, 2.45) is 17.3 Å². The average Bonchev–Trinajstić information content (AvgIpc) is 2.63. The number of allylic oxidation sites excluding steroid dienone is 1. The van der Waals surface area contributed by atoms with Crippen molar-refractivity contribution in [1.29, 1.82) is 0 Å². The van der Waals surface area contributed by atoms with E-state index in [1.54, 1.807) is 13.0 Å². The van der Waals surface area contributed by atoms with E-state index in [0.717, 1.165) is 25.8 Å². The summed E-state index contributed by atoms with van der Waals surface area (Å²) in [4.78, 5) is 39.9. The number of hydrogen-bond acceptors (Lipinski definition) is 4. The molecule has 3 atom stereocenters. The number of amides is 1. The van der Waals surface area contributed by atoms with Gasteiger partial charge in [-0.1, -0.05) is 47.1 Å². The zero-order valence-corrected chi connectivity index (χ0v) is 20.1. The third-order valence-corrected chi connectivity index (χ3v) is 6.08. The summed E-state index contributed by atoms with van der Waals surface area (Å²) in [6.07, 6.45) is 4.81. The molecule has 172 valence electrons. The summed E-state index contributed by atoms with van der Waals surface area (Å²) in [7, 11) is 0. The molecule has 1 aliphatic rings. The number of nitrogens with zero attached hydrogens (tertiary/aromatic N) is 1. The number of aliphatic carboxylic acids is 1. The summed E-state index contributed by atoms with van der Waals surface area (Å²) in [6.45, 7) is 16.5. The molecule has 30 heavy (non-hydrogen) atoms. The van der Waals surface area contributed by atoms with Gasteiger partial charge in [-0.2, -0.15) is 0 Å². The molecule has 1 amide bonds. The van der Waals surface area contributed by atoms with Gasteiger partial charge < -0.3 is 10.4 Å². The molecule has 0 bridgehead atoms. The first-order chi connectivity index (χ1) is 13.8. The van der Waals surface area contributed by atoms with E-state index >= 15 is 0 Å². The van der Waals surface area contributed by atoms with Crippen LogP contribution in [0, 0.1) is 17.3 Å². The lowest BCUT2D eigenvalue weighted by Crippen LogP contribution is -2.57. The molecule has 1 saturated heterocycles. The molecule has 0 unspecified atom stereocenters. The van der Waals surface area contributed by atoms with Crippen molar-refractivity contribution in [3.63, 3.8) is 0 Å². The van der Waals surface area contributed by atoms with Crippen molar-refractivity contribution < 1.29 is 19.5 Å². The molecule has 6 nitrogen and oxygen atoms in total. The van der Waals surface area contributed by atoms with Crippen molar-refractivity contribution >= 4 is 17.7 Å². The summed E-state index contributed by atoms with van der Waals surface area (Å²) >= 11 is 0. The first kappa shape index (κ1) is 26.3. The lowest BCUT2D eigenvalue weighted by atomic mass is 9.79. The minimum absolute atomic E-state index is 0.0455. The second-order valence-electron chi connectivity index (χ2n) is 10.4. The van der Waals surface area contributed by atoms with Crippen LogP contribution in [-0.4, -0.2) is 52.3 Å². The van der Waals surface area contributed by atoms with Gasteiger partial charge in [-0.3, -0.25) is 14.5 Å². The minimum atomic E-state index is -0.972. The number of nitrogens with one attached hydrogen (secondary N) is 1. The molecule has 1 heterocycles. The maximum absolute atomic E-state index is 13.3. The van der Waals surface area contributed by atoms with Crippen LogP contribution in [0.25, 0.3) is 0 Å². The van der Waals surface area contributed by atoms with Crippen molar-refractivity contribution in [3.8, 4) is 0 Å². The fraction of sp³-hybridized carbons (Fsp3) is 0.792. The van der Waals surface area contributed by atoms with Gasteiger partial charge in [0.25, 0.3) is 0 Å². The number of ketones is 1. The number of carboxylic acid groups (broad SMARTS) is 1. The fourth-order valence-electron chi connectivity index (χ4n) is 4.10. The van der Waals surface area contributed by atoms with Crippen LogP contribution in [-0.2, 0) is 14.4 Å². The van der Waals surface area contributed by atoms with Crippen LogP contribution in [0.4, 0.5) is 0 Å². The zero-order valence-electron chi connectivity index (χ0n) is 20.1. The van der Waals surface area contributed by atoms with Crippen molar-refractivity contribution in [2.75, 3.05) is 6.54 Å². The number of Topliss-reactive ketones (excluding diaryl/α,β-unsaturated/α-hetero) is 1. The molecule has 1 aliphatic heterocycles. The fourth-order valence-corrected chi connectivity index (χ4v) is 4.10. The monoisotopic (exact) mass is 422 g/mol. The molecule has 6 heteroatoms. The lowest BCUT2D eigenvalue weighted by Gasteiger charge is -2.39. The number of hydrogen-bond donors (Lipinski definition) is 2. The molecular weight excluding hydrogens is 380 g/mol. The second kappa shape index (κ2) is 11.1. The summed E-state index contributed by atoms with van der Waals surface area (Å²) in [5.41, 5.74) is -0.190. The Balaban J connectivity index is 3.03. The van der Waals surface area contributed by atoms with E-state index in [-0.39, 0.29) is 47.6 Å².